The van der Waals surface area contributed by atoms with Gasteiger partial charge in [0, 0.05) is 27.5 Å². The van der Waals surface area contributed by atoms with E-state index in [-0.39, 0.29) is 11.4 Å². The molecule has 1 saturated heterocycles. The summed E-state index contributed by atoms with van der Waals surface area (Å²) < 4.78 is 0. The van der Waals surface area contributed by atoms with Gasteiger partial charge in [0.2, 0.25) is 12.1 Å². The highest BCUT2D eigenvalue weighted by molar-refractivity contribution is 8.01. The molecule has 5 N–H and O–H groups in total. The average Bonchev–Trinajstić information content (AvgIpc) is 3.35. The molecule has 1 fully saturated rings. The number of aliphatic carboxylic acids is 1. The number of thioether (sulfide) groups is 2. The molecule has 0 aliphatic carbocycles. The van der Waals surface area contributed by atoms with Gasteiger partial charge in [-0.05, 0) is 29.5 Å². The van der Waals surface area contributed by atoms with Crippen LogP contribution in [0.25, 0.3) is 0 Å². The largest absolute Gasteiger partial charge is 0.594 e. The smallest absolute Gasteiger partial charge is 0.352 e. The highest BCUT2D eigenvalue weighted by atomic mass is 32.2. The van der Waals surface area contributed by atoms with Gasteiger partial charge in [0.05, 0.1) is 0 Å². The number of thiophene rings is 1. The number of carboxylic acid groups (broad SMARTS) is 1. The van der Waals surface area contributed by atoms with Crippen molar-refractivity contribution < 1.29 is 29.1 Å². The SMILES string of the molecule is Cc1cc[n+]([O-])nc1SCC1=C(C(=O)O)N2C(=O)[C@@H](NC(=O)C(NC(N)=O)c3cccs3)C2SC1. The maximum absolute atomic E-state index is 12.9. The second-order valence-corrected chi connectivity index (χ2v) is 10.7. The Kier molecular flexibility index (Phi) is 7.18. The number of aromatic nitrogens is 2. The first-order chi connectivity index (χ1) is 16.7. The van der Waals surface area contributed by atoms with Crippen LogP contribution in [-0.4, -0.2) is 61.8 Å². The van der Waals surface area contributed by atoms with E-state index in [0.29, 0.717) is 26.1 Å². The Morgan fingerprint density at radius 3 is 2.86 bits per heavy atom. The molecule has 4 amide bonds. The Morgan fingerprint density at radius 2 is 2.20 bits per heavy atom. The van der Waals surface area contributed by atoms with E-state index in [2.05, 4.69) is 15.7 Å². The highest BCUT2D eigenvalue weighted by Crippen LogP contribution is 2.41. The summed E-state index contributed by atoms with van der Waals surface area (Å²) in [6.07, 6.45) is 1.28. The molecule has 4 rings (SSSR count). The summed E-state index contributed by atoms with van der Waals surface area (Å²) in [4.78, 5) is 51.4. The zero-order chi connectivity index (χ0) is 25.3. The van der Waals surface area contributed by atoms with Crippen molar-refractivity contribution in [2.75, 3.05) is 11.5 Å². The van der Waals surface area contributed by atoms with Gasteiger partial charge in [-0.3, -0.25) is 14.5 Å². The molecule has 2 aromatic rings. The third-order valence-corrected chi connectivity index (χ3v) is 8.73. The molecule has 4 heterocycles. The van der Waals surface area contributed by atoms with Crippen LogP contribution in [-0.2, 0) is 14.4 Å². The number of urea groups is 1. The van der Waals surface area contributed by atoms with Crippen molar-refractivity contribution in [2.45, 2.75) is 29.4 Å². The van der Waals surface area contributed by atoms with Gasteiger partial charge in [-0.1, -0.05) is 22.7 Å². The zero-order valence-electron chi connectivity index (χ0n) is 18.2. The number of fused-ring (bicyclic) bond motifs is 1. The van der Waals surface area contributed by atoms with Crippen LogP contribution in [0.4, 0.5) is 4.79 Å². The second-order valence-electron chi connectivity index (χ2n) is 7.61. The molecule has 0 spiro atoms. The summed E-state index contributed by atoms with van der Waals surface area (Å²) in [5, 5.41) is 31.8. The Labute approximate surface area is 211 Å². The van der Waals surface area contributed by atoms with Crippen molar-refractivity contribution in [3.05, 3.63) is 56.7 Å². The summed E-state index contributed by atoms with van der Waals surface area (Å²) in [6, 6.07) is 2.06. The maximum Gasteiger partial charge on any atom is 0.352 e. The molecule has 3 atom stereocenters. The topological polar surface area (TPSA) is 182 Å². The molecule has 15 heteroatoms. The third-order valence-electron chi connectivity index (χ3n) is 5.29. The first-order valence-electron chi connectivity index (χ1n) is 10.2. The van der Waals surface area contributed by atoms with E-state index in [4.69, 9.17) is 5.73 Å². The number of nitrogens with one attached hydrogen (secondary N) is 2. The molecule has 0 saturated carbocycles. The van der Waals surface area contributed by atoms with E-state index in [9.17, 15) is 29.5 Å². The highest BCUT2D eigenvalue weighted by Gasteiger charge is 2.54. The number of nitrogens with two attached hydrogens (primary N) is 1. The van der Waals surface area contributed by atoms with Gasteiger partial charge in [0.25, 0.3) is 5.91 Å². The predicted molar refractivity (Wildman–Crippen MR) is 128 cm³/mol. The van der Waals surface area contributed by atoms with Crippen LogP contribution < -0.4 is 21.2 Å². The van der Waals surface area contributed by atoms with Gasteiger partial charge < -0.3 is 26.7 Å². The van der Waals surface area contributed by atoms with Crippen molar-refractivity contribution in [1.82, 2.24) is 20.6 Å². The van der Waals surface area contributed by atoms with E-state index < -0.39 is 41.3 Å². The van der Waals surface area contributed by atoms with Gasteiger partial charge in [-0.2, -0.15) is 0 Å². The number of hydrogen-bond acceptors (Lipinski definition) is 9. The Bertz CT molecular complexity index is 1220. The van der Waals surface area contributed by atoms with Crippen LogP contribution in [0.3, 0.4) is 0 Å². The summed E-state index contributed by atoms with van der Waals surface area (Å²) in [5.74, 6) is -1.91. The number of carbonyl (C=O) groups is 4. The molecule has 2 aromatic heterocycles. The minimum atomic E-state index is -1.26. The summed E-state index contributed by atoms with van der Waals surface area (Å²) in [6.45, 7) is 1.79. The molecule has 2 unspecified atom stereocenters. The summed E-state index contributed by atoms with van der Waals surface area (Å²) in [5.41, 5.74) is 6.35. The lowest BCUT2D eigenvalue weighted by molar-refractivity contribution is -0.673. The molecule has 35 heavy (non-hydrogen) atoms. The van der Waals surface area contributed by atoms with Crippen LogP contribution in [0.15, 0.2) is 46.1 Å². The number of amides is 4. The lowest BCUT2D eigenvalue weighted by Crippen LogP contribution is -2.71. The number of nitrogens with zero attached hydrogens (tertiary/aromatic N) is 3. The third kappa shape index (κ3) is 5.06. The summed E-state index contributed by atoms with van der Waals surface area (Å²) in [7, 11) is 0. The Hall–Kier alpha value is -3.30. The number of β-lactam (4-membered cyclic amide) rings is 1. The van der Waals surface area contributed by atoms with Gasteiger partial charge in [-0.25, -0.2) is 9.59 Å². The predicted octanol–water partition coefficient (Wildman–Crippen LogP) is 0.325. The van der Waals surface area contributed by atoms with Crippen LogP contribution >= 0.6 is 34.9 Å². The van der Waals surface area contributed by atoms with Crippen molar-refractivity contribution >= 4 is 58.7 Å². The average molecular weight is 537 g/mol. The normalized spacial score (nSPS) is 20.0. The Morgan fingerprint density at radius 1 is 1.43 bits per heavy atom. The van der Waals surface area contributed by atoms with Crippen LogP contribution in [0, 0.1) is 12.1 Å². The molecule has 2 aliphatic rings. The lowest BCUT2D eigenvalue weighted by Gasteiger charge is -2.49. The van der Waals surface area contributed by atoms with Crippen molar-refractivity contribution in [1.29, 1.82) is 0 Å². The molecule has 0 bridgehead atoms. The van der Waals surface area contributed by atoms with Gasteiger partial charge in [0.1, 0.15) is 23.2 Å². The summed E-state index contributed by atoms with van der Waals surface area (Å²) >= 11 is 3.77. The van der Waals surface area contributed by atoms with E-state index in [1.54, 1.807) is 30.5 Å². The van der Waals surface area contributed by atoms with E-state index in [1.165, 1.54) is 41.1 Å². The van der Waals surface area contributed by atoms with Crippen LogP contribution in [0.1, 0.15) is 16.5 Å². The van der Waals surface area contributed by atoms with Crippen LogP contribution in [0.5, 0.6) is 0 Å². The fourth-order valence-electron chi connectivity index (χ4n) is 3.64. The molecule has 184 valence electrons. The lowest BCUT2D eigenvalue weighted by atomic mass is 10.0. The van der Waals surface area contributed by atoms with Crippen molar-refractivity contribution in [3.8, 4) is 0 Å². The Balaban J connectivity index is 1.49. The fourth-order valence-corrected chi connectivity index (χ4v) is 6.87. The van der Waals surface area contributed by atoms with E-state index in [1.807, 2.05) is 0 Å². The van der Waals surface area contributed by atoms with Crippen molar-refractivity contribution in [2.24, 2.45) is 5.73 Å². The number of aryl methyl sites for hydroxylation is 1. The van der Waals surface area contributed by atoms with Gasteiger partial charge >= 0.3 is 12.0 Å². The minimum Gasteiger partial charge on any atom is -0.594 e. The van der Waals surface area contributed by atoms with Gasteiger partial charge in [0.15, 0.2) is 5.03 Å². The number of carboxylic acids is 1. The van der Waals surface area contributed by atoms with Gasteiger partial charge in [-0.15, -0.1) is 23.1 Å². The fraction of sp³-hybridized carbons (Fsp3) is 0.300. The molecular formula is C20H20N6O6S3. The van der Waals surface area contributed by atoms with Crippen molar-refractivity contribution in [3.63, 3.8) is 0 Å². The number of carbonyl (C=O) groups excluding carboxylic acids is 3. The standard InChI is InChI=1S/C20H20N6O6S3/c1-9-4-5-25(32)24-16(9)34-7-10-8-35-18-13(17(28)26(18)14(10)19(29)30)22-15(27)12(23-20(21)31)11-3-2-6-33-11/h2-6,12-13,18H,7-8H2,1H3,(H,22,27)(H,29,30)(H3,21,23,31)/t12?,13-,18?/m1/s1. The molecule has 0 radical (unpaired) electrons. The first-order valence-corrected chi connectivity index (χ1v) is 13.1. The maximum atomic E-state index is 12.9. The second kappa shape index (κ2) is 10.1. The van der Waals surface area contributed by atoms with E-state index in [0.717, 1.165) is 10.5 Å². The molecule has 12 nitrogen and oxygen atoms in total. The van der Waals surface area contributed by atoms with E-state index >= 15 is 0 Å². The first kappa shape index (κ1) is 24.8. The number of hydrogen-bond donors (Lipinski definition) is 4. The molecular weight excluding hydrogens is 516 g/mol. The number of rotatable bonds is 8. The zero-order valence-corrected chi connectivity index (χ0v) is 20.6. The monoisotopic (exact) mass is 536 g/mol. The molecule has 0 aromatic carbocycles. The number of primary amides is 1. The van der Waals surface area contributed by atoms with Crippen LogP contribution in [0.2, 0.25) is 0 Å². The molecule has 2 aliphatic heterocycles. The quantitative estimate of drug-likeness (QED) is 0.160. The minimum absolute atomic E-state index is 0.134.